The maximum atomic E-state index is 11.1. The van der Waals surface area contributed by atoms with Crippen molar-refractivity contribution in [3.63, 3.8) is 0 Å². The minimum absolute atomic E-state index is 0. The van der Waals surface area contributed by atoms with E-state index in [9.17, 15) is 4.79 Å². The molecule has 36 heavy (non-hydrogen) atoms. The predicted octanol–water partition coefficient (Wildman–Crippen LogP) is 6.89. The molecule has 0 heterocycles. The van der Waals surface area contributed by atoms with Crippen LogP contribution in [0, 0.1) is 6.92 Å². The lowest BCUT2D eigenvalue weighted by Crippen LogP contribution is -2.30. The smallest absolute Gasteiger partial charge is 0.207 e. The first-order chi connectivity index (χ1) is 17.0. The largest absolute Gasteiger partial charge is 0.353 e. The molecule has 0 atom stereocenters. The summed E-state index contributed by atoms with van der Waals surface area (Å²) in [5, 5.41) is 2.80. The van der Waals surface area contributed by atoms with Gasteiger partial charge in [-0.05, 0) is 54.5 Å². The van der Waals surface area contributed by atoms with E-state index in [2.05, 4.69) is 104 Å². The van der Waals surface area contributed by atoms with Crippen molar-refractivity contribution in [2.75, 3.05) is 13.6 Å². The molecule has 0 unspecified atom stereocenters. The molecule has 3 aromatic carbocycles. The van der Waals surface area contributed by atoms with Gasteiger partial charge in [-0.25, -0.2) is 4.99 Å². The summed E-state index contributed by atoms with van der Waals surface area (Å²) in [5.41, 5.74) is 6.82. The number of amides is 1. The molecule has 0 radical (unpaired) electrons. The van der Waals surface area contributed by atoms with Crippen molar-refractivity contribution >= 4 is 12.2 Å². The second-order valence-electron chi connectivity index (χ2n) is 8.60. The molecular formula is C32H39N3O. The quantitative estimate of drug-likeness (QED) is 0.140. The average molecular weight is 482 g/mol. The molecule has 0 spiro atoms. The summed E-state index contributed by atoms with van der Waals surface area (Å²) in [6.07, 6.45) is 4.27. The van der Waals surface area contributed by atoms with Crippen LogP contribution in [0.1, 0.15) is 49.1 Å². The van der Waals surface area contributed by atoms with Crippen molar-refractivity contribution in [3.8, 4) is 0 Å². The van der Waals surface area contributed by atoms with Gasteiger partial charge in [-0.2, -0.15) is 0 Å². The summed E-state index contributed by atoms with van der Waals surface area (Å²) < 4.78 is 0. The summed E-state index contributed by atoms with van der Waals surface area (Å²) in [7, 11) is 2.06. The van der Waals surface area contributed by atoms with Gasteiger partial charge in [0.25, 0.3) is 0 Å². The molecule has 1 amide bonds. The van der Waals surface area contributed by atoms with E-state index in [0.29, 0.717) is 13.0 Å². The van der Waals surface area contributed by atoms with Crippen molar-refractivity contribution in [1.29, 1.82) is 0 Å². The van der Waals surface area contributed by atoms with Crippen LogP contribution >= 0.6 is 0 Å². The molecule has 3 rings (SSSR count). The molecule has 0 fully saturated rings. The molecule has 0 aliphatic rings. The van der Waals surface area contributed by atoms with E-state index in [1.165, 1.54) is 22.3 Å². The lowest BCUT2D eigenvalue weighted by Gasteiger charge is -2.31. The fourth-order valence-corrected chi connectivity index (χ4v) is 4.26. The van der Waals surface area contributed by atoms with Crippen LogP contribution in [0.3, 0.4) is 0 Å². The zero-order valence-corrected chi connectivity index (χ0v) is 20.9. The Morgan fingerprint density at radius 2 is 1.53 bits per heavy atom. The first-order valence-electron chi connectivity index (χ1n) is 12.0. The second kappa shape index (κ2) is 14.5. The van der Waals surface area contributed by atoms with Crippen molar-refractivity contribution in [3.05, 3.63) is 131 Å². The van der Waals surface area contributed by atoms with Crippen LogP contribution in [-0.4, -0.2) is 30.7 Å². The van der Waals surface area contributed by atoms with E-state index in [-0.39, 0.29) is 13.5 Å². The van der Waals surface area contributed by atoms with E-state index in [1.54, 1.807) is 0 Å². The van der Waals surface area contributed by atoms with E-state index < -0.39 is 0 Å². The van der Waals surface area contributed by atoms with Gasteiger partial charge < -0.3 is 10.2 Å². The highest BCUT2D eigenvalue weighted by Crippen LogP contribution is 2.28. The number of hydrogen-bond donors (Lipinski definition) is 1. The minimum atomic E-state index is 0. The Kier molecular flexibility index (Phi) is 11.4. The molecule has 0 aliphatic carbocycles. The monoisotopic (exact) mass is 481 g/mol. The van der Waals surface area contributed by atoms with Gasteiger partial charge in [-0.3, -0.25) is 4.79 Å². The number of hydrogen-bond acceptors (Lipinski definition) is 2. The first-order valence-corrected chi connectivity index (χ1v) is 12.0. The molecule has 3 aromatic rings. The Hall–Kier alpha value is -3.92. The van der Waals surface area contributed by atoms with E-state index in [4.69, 9.17) is 4.99 Å². The van der Waals surface area contributed by atoms with Gasteiger partial charge in [-0.15, -0.1) is 0 Å². The van der Waals surface area contributed by atoms with Gasteiger partial charge in [0.2, 0.25) is 6.41 Å². The normalized spacial score (nSPS) is 11.8. The van der Waals surface area contributed by atoms with E-state index in [0.717, 1.165) is 29.9 Å². The molecule has 0 bridgehead atoms. The van der Waals surface area contributed by atoms with Crippen LogP contribution < -0.4 is 5.32 Å². The van der Waals surface area contributed by atoms with Gasteiger partial charge in [-0.1, -0.05) is 105 Å². The highest BCUT2D eigenvalue weighted by Gasteiger charge is 2.20. The number of carbonyl (C=O) groups excluding carboxylic acids is 1. The third-order valence-corrected chi connectivity index (χ3v) is 6.32. The number of aryl methyl sites for hydroxylation is 2. The molecule has 4 heteroatoms. The third kappa shape index (κ3) is 7.54. The SMILES string of the molecule is C.C=C/C(CCc1ccccc1C)=C(/CNC=O)N=C(C)N(C)C(c1ccccc1)c1ccccc1. The Balaban J connectivity index is 0.00000456. The number of carbonyl (C=O) groups is 1. The average Bonchev–Trinajstić information content (AvgIpc) is 2.89. The van der Waals surface area contributed by atoms with Crippen LogP contribution in [0.25, 0.3) is 0 Å². The third-order valence-electron chi connectivity index (χ3n) is 6.32. The number of benzene rings is 3. The molecular weight excluding hydrogens is 442 g/mol. The van der Waals surface area contributed by atoms with Crippen LogP contribution in [0.5, 0.6) is 0 Å². The molecule has 0 saturated carbocycles. The van der Waals surface area contributed by atoms with Gasteiger partial charge in [0.1, 0.15) is 5.84 Å². The summed E-state index contributed by atoms with van der Waals surface area (Å²) >= 11 is 0. The maximum absolute atomic E-state index is 11.1. The van der Waals surface area contributed by atoms with Crippen molar-refractivity contribution in [2.45, 2.75) is 40.2 Å². The first kappa shape index (κ1) is 28.3. The Morgan fingerprint density at radius 3 is 2.06 bits per heavy atom. The van der Waals surface area contributed by atoms with Gasteiger partial charge in [0, 0.05) is 7.05 Å². The standard InChI is InChI=1S/C31H35N3O.CH4/c1-5-26(20-21-27-15-13-12-14-24(27)2)30(22-32-23-35)33-25(3)34(4)31(28-16-8-6-9-17-28)29-18-10-7-11-19-29;/h5-19,23,31H,1,20-22H2,2-4H3,(H,32,35);1H4/b30-26+,33-25?;. The summed E-state index contributed by atoms with van der Waals surface area (Å²) in [5.74, 6) is 0.862. The van der Waals surface area contributed by atoms with Crippen LogP contribution in [0.15, 0.2) is 114 Å². The lowest BCUT2D eigenvalue weighted by atomic mass is 9.97. The van der Waals surface area contributed by atoms with E-state index >= 15 is 0 Å². The summed E-state index contributed by atoms with van der Waals surface area (Å²) in [4.78, 5) is 18.3. The zero-order valence-electron chi connectivity index (χ0n) is 20.9. The number of amidine groups is 1. The number of nitrogens with zero attached hydrogens (tertiary/aromatic N) is 2. The van der Waals surface area contributed by atoms with Crippen LogP contribution in [-0.2, 0) is 11.2 Å². The number of allylic oxidation sites excluding steroid dienone is 2. The van der Waals surface area contributed by atoms with Gasteiger partial charge >= 0.3 is 0 Å². The van der Waals surface area contributed by atoms with Crippen molar-refractivity contribution < 1.29 is 4.79 Å². The molecule has 4 nitrogen and oxygen atoms in total. The lowest BCUT2D eigenvalue weighted by molar-refractivity contribution is -0.109. The molecule has 0 saturated heterocycles. The number of nitrogens with one attached hydrogen (secondary N) is 1. The van der Waals surface area contributed by atoms with E-state index in [1.807, 2.05) is 25.1 Å². The zero-order chi connectivity index (χ0) is 25.0. The van der Waals surface area contributed by atoms with Crippen molar-refractivity contribution in [1.82, 2.24) is 10.2 Å². The minimum Gasteiger partial charge on any atom is -0.353 e. The predicted molar refractivity (Wildman–Crippen MR) is 153 cm³/mol. The number of rotatable bonds is 11. The molecule has 1 N–H and O–H groups in total. The maximum Gasteiger partial charge on any atom is 0.207 e. The number of aliphatic imine (C=N–C) groups is 1. The fraction of sp³-hybridized carbons (Fsp3) is 0.250. The van der Waals surface area contributed by atoms with Crippen molar-refractivity contribution in [2.24, 2.45) is 4.99 Å². The Labute approximate surface area is 217 Å². The molecule has 0 aliphatic heterocycles. The Morgan fingerprint density at radius 1 is 0.972 bits per heavy atom. The summed E-state index contributed by atoms with van der Waals surface area (Å²) in [6, 6.07) is 29.3. The van der Waals surface area contributed by atoms with Crippen LogP contribution in [0.2, 0.25) is 0 Å². The van der Waals surface area contributed by atoms with Crippen LogP contribution in [0.4, 0.5) is 0 Å². The fourth-order valence-electron chi connectivity index (χ4n) is 4.26. The highest BCUT2D eigenvalue weighted by atomic mass is 16.1. The topological polar surface area (TPSA) is 44.7 Å². The van der Waals surface area contributed by atoms with Gasteiger partial charge in [0.15, 0.2) is 0 Å². The Bertz CT molecular complexity index is 1130. The second-order valence-corrected chi connectivity index (χ2v) is 8.60. The molecule has 188 valence electrons. The highest BCUT2D eigenvalue weighted by molar-refractivity contribution is 5.81. The summed E-state index contributed by atoms with van der Waals surface area (Å²) in [6.45, 7) is 8.55. The van der Waals surface area contributed by atoms with Gasteiger partial charge in [0.05, 0.1) is 18.3 Å². The molecule has 0 aromatic heterocycles.